The number of hydrogen-bond acceptors (Lipinski definition) is 4. The van der Waals surface area contributed by atoms with Gasteiger partial charge in [0.25, 0.3) is 11.5 Å². The molecule has 2 aromatic heterocycles. The summed E-state index contributed by atoms with van der Waals surface area (Å²) in [4.78, 5) is 30.3. The highest BCUT2D eigenvalue weighted by Crippen LogP contribution is 2.30. The van der Waals surface area contributed by atoms with Crippen LogP contribution in [0.15, 0.2) is 70.1 Å². The van der Waals surface area contributed by atoms with Gasteiger partial charge < -0.3 is 9.73 Å². The molecule has 4 aromatic rings. The maximum absolute atomic E-state index is 13.0. The molecule has 2 heterocycles. The third-order valence-corrected chi connectivity index (χ3v) is 5.69. The Balaban J connectivity index is 1.42. The number of benzene rings is 2. The molecule has 0 spiro atoms. The topological polar surface area (TPSA) is 77.1 Å². The summed E-state index contributed by atoms with van der Waals surface area (Å²) < 4.78 is 7.07. The number of carbonyl (C=O) groups is 1. The van der Waals surface area contributed by atoms with Crippen LogP contribution >= 0.6 is 0 Å². The maximum Gasteiger partial charge on any atom is 0.265 e. The fourth-order valence-corrected chi connectivity index (χ4v) is 4.19. The van der Waals surface area contributed by atoms with E-state index in [0.29, 0.717) is 28.0 Å². The number of para-hydroxylation sites is 1. The van der Waals surface area contributed by atoms with Crippen molar-refractivity contribution in [1.29, 1.82) is 0 Å². The highest BCUT2D eigenvalue weighted by atomic mass is 16.3. The van der Waals surface area contributed by atoms with Gasteiger partial charge in [0.05, 0.1) is 28.9 Å². The van der Waals surface area contributed by atoms with Gasteiger partial charge in [-0.1, -0.05) is 12.1 Å². The molecule has 1 unspecified atom stereocenters. The first-order valence-electron chi connectivity index (χ1n) is 10.1. The summed E-state index contributed by atoms with van der Waals surface area (Å²) in [5.74, 6) is 1.42. The second-order valence-corrected chi connectivity index (χ2v) is 7.58. The Hall–Kier alpha value is -3.67. The van der Waals surface area contributed by atoms with Gasteiger partial charge in [-0.15, -0.1) is 0 Å². The number of fused-ring (bicyclic) bond motifs is 2. The Morgan fingerprint density at radius 3 is 2.77 bits per heavy atom. The fraction of sp³-hybridized carbons (Fsp3) is 0.208. The molecule has 2 aromatic carbocycles. The van der Waals surface area contributed by atoms with Crippen LogP contribution in [0.5, 0.6) is 0 Å². The first-order valence-corrected chi connectivity index (χ1v) is 10.1. The van der Waals surface area contributed by atoms with Gasteiger partial charge >= 0.3 is 0 Å². The number of nitrogens with one attached hydrogen (secondary N) is 1. The second-order valence-electron chi connectivity index (χ2n) is 7.58. The smallest absolute Gasteiger partial charge is 0.265 e. The Labute approximate surface area is 173 Å². The molecule has 6 heteroatoms. The van der Waals surface area contributed by atoms with Crippen molar-refractivity contribution in [2.24, 2.45) is 0 Å². The van der Waals surface area contributed by atoms with Crippen molar-refractivity contribution in [3.63, 3.8) is 0 Å². The average molecular weight is 399 g/mol. The number of amides is 1. The molecule has 0 aliphatic heterocycles. The molecule has 1 N–H and O–H groups in total. The van der Waals surface area contributed by atoms with E-state index in [1.807, 2.05) is 24.3 Å². The van der Waals surface area contributed by atoms with Crippen LogP contribution in [0.4, 0.5) is 0 Å². The summed E-state index contributed by atoms with van der Waals surface area (Å²) in [6, 6.07) is 16.2. The lowest BCUT2D eigenvalue weighted by atomic mass is 9.93. The van der Waals surface area contributed by atoms with E-state index in [0.717, 1.165) is 30.6 Å². The summed E-state index contributed by atoms with van der Waals surface area (Å²) in [6.07, 6.45) is 4.48. The predicted octanol–water partition coefficient (Wildman–Crippen LogP) is 4.09. The summed E-state index contributed by atoms with van der Waals surface area (Å²) in [5, 5.41) is 3.67. The molecule has 0 fully saturated rings. The van der Waals surface area contributed by atoms with E-state index in [4.69, 9.17) is 4.42 Å². The Morgan fingerprint density at radius 2 is 1.93 bits per heavy atom. The zero-order valence-corrected chi connectivity index (χ0v) is 16.6. The largest absolute Gasteiger partial charge is 0.469 e. The quantitative estimate of drug-likeness (QED) is 0.563. The standard InChI is InChI=1S/C24H21N3O3/c1-15-25-21-6-3-2-5-19(21)24(29)27(15)17-11-9-16(10-12-17)23(28)26-20-7-4-8-22-18(20)13-14-30-22/h2-3,5-6,9-14,20H,4,7-8H2,1H3,(H,26,28). The van der Waals surface area contributed by atoms with E-state index >= 15 is 0 Å². The molecule has 1 amide bonds. The van der Waals surface area contributed by atoms with Gasteiger partial charge in [-0.05, 0) is 62.2 Å². The van der Waals surface area contributed by atoms with E-state index in [9.17, 15) is 9.59 Å². The summed E-state index contributed by atoms with van der Waals surface area (Å²) in [6.45, 7) is 1.81. The Morgan fingerprint density at radius 1 is 1.13 bits per heavy atom. The van der Waals surface area contributed by atoms with Crippen LogP contribution < -0.4 is 10.9 Å². The first kappa shape index (κ1) is 18.4. The lowest BCUT2D eigenvalue weighted by Gasteiger charge is -2.22. The number of aryl methyl sites for hydroxylation is 2. The van der Waals surface area contributed by atoms with Crippen molar-refractivity contribution >= 4 is 16.8 Å². The maximum atomic E-state index is 13.0. The van der Waals surface area contributed by atoms with E-state index in [1.54, 1.807) is 48.1 Å². The van der Waals surface area contributed by atoms with Gasteiger partial charge in [0.15, 0.2) is 0 Å². The molecule has 0 saturated carbocycles. The number of furan rings is 1. The Bertz CT molecular complexity index is 1300. The molecular formula is C24H21N3O3. The lowest BCUT2D eigenvalue weighted by Crippen LogP contribution is -2.30. The zero-order chi connectivity index (χ0) is 20.7. The van der Waals surface area contributed by atoms with Crippen LogP contribution in [0.1, 0.15) is 46.4 Å². The van der Waals surface area contributed by atoms with Crippen molar-refractivity contribution in [2.45, 2.75) is 32.2 Å². The van der Waals surface area contributed by atoms with Crippen molar-refractivity contribution < 1.29 is 9.21 Å². The minimum atomic E-state index is -0.138. The van der Waals surface area contributed by atoms with E-state index in [2.05, 4.69) is 10.3 Å². The third kappa shape index (κ3) is 3.10. The first-order chi connectivity index (χ1) is 14.6. The molecule has 0 saturated heterocycles. The minimum Gasteiger partial charge on any atom is -0.469 e. The van der Waals surface area contributed by atoms with Crippen LogP contribution in [0, 0.1) is 6.92 Å². The van der Waals surface area contributed by atoms with Crippen LogP contribution in [-0.4, -0.2) is 15.5 Å². The number of nitrogens with zero attached hydrogens (tertiary/aromatic N) is 2. The van der Waals surface area contributed by atoms with Crippen molar-refractivity contribution in [3.05, 3.63) is 93.9 Å². The van der Waals surface area contributed by atoms with Crippen molar-refractivity contribution in [2.75, 3.05) is 0 Å². The van der Waals surface area contributed by atoms with Crippen LogP contribution in [0.3, 0.4) is 0 Å². The molecule has 150 valence electrons. The second kappa shape index (κ2) is 7.30. The van der Waals surface area contributed by atoms with Gasteiger partial charge in [-0.25, -0.2) is 4.98 Å². The molecule has 30 heavy (non-hydrogen) atoms. The van der Waals surface area contributed by atoms with Crippen LogP contribution in [-0.2, 0) is 6.42 Å². The molecule has 1 aliphatic carbocycles. The van der Waals surface area contributed by atoms with Gasteiger partial charge in [0.1, 0.15) is 11.6 Å². The van der Waals surface area contributed by atoms with Crippen molar-refractivity contribution in [3.8, 4) is 5.69 Å². The monoisotopic (exact) mass is 399 g/mol. The number of aromatic nitrogens is 2. The average Bonchev–Trinajstić information content (AvgIpc) is 3.24. The van der Waals surface area contributed by atoms with Crippen LogP contribution in [0.2, 0.25) is 0 Å². The SMILES string of the molecule is Cc1nc2ccccc2c(=O)n1-c1ccc(C(=O)NC2CCCc3occc32)cc1. The minimum absolute atomic E-state index is 0.0331. The van der Waals surface area contributed by atoms with Gasteiger partial charge in [0.2, 0.25) is 0 Å². The lowest BCUT2D eigenvalue weighted by molar-refractivity contribution is 0.0932. The highest BCUT2D eigenvalue weighted by Gasteiger charge is 2.24. The summed E-state index contributed by atoms with van der Waals surface area (Å²) in [5.41, 5.74) is 2.86. The molecule has 1 atom stereocenters. The number of rotatable bonds is 3. The van der Waals surface area contributed by atoms with Gasteiger partial charge in [-0.3, -0.25) is 14.2 Å². The molecule has 5 rings (SSSR count). The highest BCUT2D eigenvalue weighted by molar-refractivity contribution is 5.94. The normalized spacial score (nSPS) is 15.7. The molecule has 6 nitrogen and oxygen atoms in total. The summed E-state index contributed by atoms with van der Waals surface area (Å²) >= 11 is 0. The van der Waals surface area contributed by atoms with Crippen molar-refractivity contribution in [1.82, 2.24) is 14.9 Å². The number of hydrogen-bond donors (Lipinski definition) is 1. The predicted molar refractivity (Wildman–Crippen MR) is 114 cm³/mol. The van der Waals surface area contributed by atoms with Crippen LogP contribution in [0.25, 0.3) is 16.6 Å². The molecule has 1 aliphatic rings. The third-order valence-electron chi connectivity index (χ3n) is 5.69. The van der Waals surface area contributed by atoms with Gasteiger partial charge in [0, 0.05) is 17.5 Å². The van der Waals surface area contributed by atoms with E-state index in [1.165, 1.54) is 0 Å². The number of carbonyl (C=O) groups excluding carboxylic acids is 1. The fourth-order valence-electron chi connectivity index (χ4n) is 4.19. The van der Waals surface area contributed by atoms with E-state index < -0.39 is 0 Å². The van der Waals surface area contributed by atoms with E-state index in [-0.39, 0.29) is 17.5 Å². The zero-order valence-electron chi connectivity index (χ0n) is 16.6. The van der Waals surface area contributed by atoms with Gasteiger partial charge in [-0.2, -0.15) is 0 Å². The molecule has 0 bridgehead atoms. The molecular weight excluding hydrogens is 378 g/mol. The summed E-state index contributed by atoms with van der Waals surface area (Å²) in [7, 11) is 0. The Kier molecular flexibility index (Phi) is 4.47. The molecule has 0 radical (unpaired) electrons.